The van der Waals surface area contributed by atoms with Crippen LogP contribution in [0.3, 0.4) is 0 Å². The highest BCUT2D eigenvalue weighted by Gasteiger charge is 2.45. The van der Waals surface area contributed by atoms with E-state index in [1.54, 1.807) is 6.07 Å². The van der Waals surface area contributed by atoms with Crippen molar-refractivity contribution in [2.75, 3.05) is 13.7 Å². The average Bonchev–Trinajstić information content (AvgIpc) is 2.73. The van der Waals surface area contributed by atoms with Crippen molar-refractivity contribution in [3.05, 3.63) is 59.7 Å². The summed E-state index contributed by atoms with van der Waals surface area (Å²) in [6.45, 7) is 14.0. The van der Waals surface area contributed by atoms with Crippen molar-refractivity contribution in [1.82, 2.24) is 0 Å². The molecule has 0 radical (unpaired) electrons. The summed E-state index contributed by atoms with van der Waals surface area (Å²) >= 11 is 0. The van der Waals surface area contributed by atoms with E-state index < -0.39 is 14.3 Å². The minimum Gasteiger partial charge on any atom is -0.493 e. The van der Waals surface area contributed by atoms with Gasteiger partial charge < -0.3 is 19.0 Å². The molecule has 5 nitrogen and oxygen atoms in total. The molecule has 0 unspecified atom stereocenters. The second-order valence-electron chi connectivity index (χ2n) is 8.82. The second-order valence-corrected chi connectivity index (χ2v) is 14.3. The van der Waals surface area contributed by atoms with E-state index >= 15 is 0 Å². The molecule has 2 rings (SSSR count). The van der Waals surface area contributed by atoms with Crippen molar-refractivity contribution in [3.63, 3.8) is 0 Å². The minimum absolute atomic E-state index is 0.155. The monoisotopic (exact) mass is 444 g/mol. The van der Waals surface area contributed by atoms with Crippen LogP contribution >= 0.6 is 0 Å². The van der Waals surface area contributed by atoms with E-state index in [4.69, 9.17) is 13.9 Å². The topological polar surface area (TPSA) is 65.0 Å². The summed E-state index contributed by atoms with van der Waals surface area (Å²) in [6.07, 6.45) is -0.339. The van der Waals surface area contributed by atoms with Crippen molar-refractivity contribution in [1.29, 1.82) is 0 Å². The molecule has 0 heterocycles. The summed E-state index contributed by atoms with van der Waals surface area (Å²) in [5.74, 6) is -0.119. The van der Waals surface area contributed by atoms with Crippen molar-refractivity contribution >= 4 is 14.3 Å². The van der Waals surface area contributed by atoms with Crippen molar-refractivity contribution < 1.29 is 23.8 Å². The predicted octanol–water partition coefficient (Wildman–Crippen LogP) is 6.71. The lowest BCUT2D eigenvalue weighted by Crippen LogP contribution is -2.48. The third kappa shape index (κ3) is 5.69. The van der Waals surface area contributed by atoms with Gasteiger partial charge in [-0.15, -0.1) is 0 Å². The van der Waals surface area contributed by atoms with Gasteiger partial charge in [-0.25, -0.2) is 4.79 Å². The van der Waals surface area contributed by atoms with Crippen LogP contribution in [0.15, 0.2) is 48.5 Å². The Morgan fingerprint density at radius 3 is 1.97 bits per heavy atom. The SMILES string of the molecule is COc1cc(C(=O)O)ccc1O[C@@H](CO[Si](C(C)C)(C(C)C)C(C)C)c1ccccc1. The van der Waals surface area contributed by atoms with Gasteiger partial charge in [0.05, 0.1) is 19.3 Å². The second kappa shape index (κ2) is 10.8. The maximum absolute atomic E-state index is 11.3. The first-order valence-corrected chi connectivity index (χ1v) is 13.0. The van der Waals surface area contributed by atoms with E-state index in [1.165, 1.54) is 19.2 Å². The Kier molecular flexibility index (Phi) is 8.71. The number of methoxy groups -OCH3 is 1. The Bertz CT molecular complexity index is 826. The van der Waals surface area contributed by atoms with Gasteiger partial charge in [-0.1, -0.05) is 71.9 Å². The van der Waals surface area contributed by atoms with Gasteiger partial charge >= 0.3 is 5.97 Å². The highest BCUT2D eigenvalue weighted by molar-refractivity contribution is 6.77. The molecule has 0 saturated carbocycles. The van der Waals surface area contributed by atoms with Crippen LogP contribution in [0.25, 0.3) is 0 Å². The first kappa shape index (κ1) is 25.0. The fourth-order valence-corrected chi connectivity index (χ4v) is 10.1. The van der Waals surface area contributed by atoms with Gasteiger partial charge in [0.2, 0.25) is 8.32 Å². The molecule has 0 aliphatic heterocycles. The lowest BCUT2D eigenvalue weighted by atomic mass is 10.1. The van der Waals surface area contributed by atoms with Crippen LogP contribution in [-0.2, 0) is 4.43 Å². The van der Waals surface area contributed by atoms with Crippen molar-refractivity contribution in [3.8, 4) is 11.5 Å². The fraction of sp³-hybridized carbons (Fsp3) is 0.480. The molecule has 31 heavy (non-hydrogen) atoms. The smallest absolute Gasteiger partial charge is 0.335 e. The molecular weight excluding hydrogens is 408 g/mol. The molecular formula is C25H36O5Si. The van der Waals surface area contributed by atoms with E-state index in [1.807, 2.05) is 30.3 Å². The molecule has 0 saturated heterocycles. The number of hydrogen-bond donors (Lipinski definition) is 1. The molecule has 2 aromatic carbocycles. The number of aromatic carboxylic acids is 1. The lowest BCUT2D eigenvalue weighted by Gasteiger charge is -2.43. The van der Waals surface area contributed by atoms with Gasteiger partial charge in [0.25, 0.3) is 0 Å². The molecule has 1 N–H and O–H groups in total. The van der Waals surface area contributed by atoms with Gasteiger partial charge in [-0.3, -0.25) is 0 Å². The number of ether oxygens (including phenoxy) is 2. The van der Waals surface area contributed by atoms with E-state index in [0.717, 1.165) is 5.56 Å². The number of benzene rings is 2. The third-order valence-corrected chi connectivity index (χ3v) is 12.1. The summed E-state index contributed by atoms with van der Waals surface area (Å²) in [5.41, 5.74) is 2.56. The molecule has 0 fully saturated rings. The van der Waals surface area contributed by atoms with Gasteiger partial charge in [0, 0.05) is 0 Å². The normalized spacial score (nSPS) is 13.0. The molecule has 0 spiro atoms. The molecule has 2 aromatic rings. The van der Waals surface area contributed by atoms with Gasteiger partial charge in [0.1, 0.15) is 6.10 Å². The average molecular weight is 445 g/mol. The highest BCUT2D eigenvalue weighted by Crippen LogP contribution is 2.43. The van der Waals surface area contributed by atoms with Gasteiger partial charge in [0.15, 0.2) is 11.5 Å². The zero-order chi connectivity index (χ0) is 23.2. The molecule has 170 valence electrons. The Morgan fingerprint density at radius 1 is 0.903 bits per heavy atom. The Morgan fingerprint density at radius 2 is 1.48 bits per heavy atom. The van der Waals surface area contributed by atoms with E-state index in [0.29, 0.717) is 34.7 Å². The zero-order valence-corrected chi connectivity index (χ0v) is 20.7. The number of carboxylic acid groups (broad SMARTS) is 1. The molecule has 1 atom stereocenters. The molecule has 0 aromatic heterocycles. The Hall–Kier alpha value is -2.31. The predicted molar refractivity (Wildman–Crippen MR) is 127 cm³/mol. The summed E-state index contributed by atoms with van der Waals surface area (Å²) in [4.78, 5) is 11.3. The van der Waals surface area contributed by atoms with Crippen LogP contribution in [0.4, 0.5) is 0 Å². The van der Waals surface area contributed by atoms with Gasteiger partial charge in [-0.05, 0) is 40.4 Å². The van der Waals surface area contributed by atoms with Crippen LogP contribution in [0.5, 0.6) is 11.5 Å². The van der Waals surface area contributed by atoms with Crippen molar-refractivity contribution in [2.45, 2.75) is 64.3 Å². The zero-order valence-electron chi connectivity index (χ0n) is 19.7. The summed E-state index contributed by atoms with van der Waals surface area (Å²) < 4.78 is 18.6. The number of carbonyl (C=O) groups is 1. The summed E-state index contributed by atoms with van der Waals surface area (Å²) in [6, 6.07) is 14.6. The van der Waals surface area contributed by atoms with E-state index in [9.17, 15) is 9.90 Å². The first-order valence-electron chi connectivity index (χ1n) is 10.9. The molecule has 6 heteroatoms. The summed E-state index contributed by atoms with van der Waals surface area (Å²) in [5, 5.41) is 9.27. The minimum atomic E-state index is -2.08. The van der Waals surface area contributed by atoms with Crippen LogP contribution < -0.4 is 9.47 Å². The summed E-state index contributed by atoms with van der Waals surface area (Å²) in [7, 11) is -0.565. The van der Waals surface area contributed by atoms with Crippen LogP contribution in [0, 0.1) is 0 Å². The largest absolute Gasteiger partial charge is 0.493 e. The third-order valence-electron chi connectivity index (χ3n) is 6.04. The molecule has 0 aliphatic carbocycles. The first-order chi connectivity index (χ1) is 14.6. The standard InChI is InChI=1S/C25H36O5Si/c1-17(2)31(18(3)4,19(5)6)29-16-24(20-11-9-8-10-12-20)30-22-14-13-21(25(26)27)15-23(22)28-7/h8-15,17-19,24H,16H2,1-7H3,(H,26,27)/t24-/m0/s1. The lowest BCUT2D eigenvalue weighted by molar-refractivity contribution is 0.0696. The number of rotatable bonds is 11. The molecule has 0 amide bonds. The van der Waals surface area contributed by atoms with E-state index in [-0.39, 0.29) is 11.7 Å². The quantitative estimate of drug-likeness (QED) is 0.390. The van der Waals surface area contributed by atoms with E-state index in [2.05, 4.69) is 41.5 Å². The van der Waals surface area contributed by atoms with Gasteiger partial charge in [-0.2, -0.15) is 0 Å². The molecule has 0 aliphatic rings. The van der Waals surface area contributed by atoms with Crippen LogP contribution in [0.2, 0.25) is 16.6 Å². The highest BCUT2D eigenvalue weighted by atomic mass is 28.4. The number of hydrogen-bond acceptors (Lipinski definition) is 4. The maximum Gasteiger partial charge on any atom is 0.335 e. The Labute approximate surface area is 187 Å². The molecule has 0 bridgehead atoms. The van der Waals surface area contributed by atoms with Crippen molar-refractivity contribution in [2.24, 2.45) is 0 Å². The van der Waals surface area contributed by atoms with Crippen LogP contribution in [-0.4, -0.2) is 33.1 Å². The van der Waals surface area contributed by atoms with Crippen LogP contribution in [0.1, 0.15) is 63.6 Å². The Balaban J connectivity index is 2.38. The fourth-order valence-electron chi connectivity index (χ4n) is 4.64. The maximum atomic E-state index is 11.3. The number of carboxylic acids is 1.